The molecular formula is C21H34N3O2+. The molecule has 1 aromatic rings. The topological polar surface area (TPSA) is 74.8 Å². The molecule has 0 aromatic heterocycles. The molecule has 1 aliphatic rings. The van der Waals surface area contributed by atoms with E-state index in [0.717, 1.165) is 23.2 Å². The number of carbonyl (C=O) groups excluding carboxylic acids is 2. The van der Waals surface area contributed by atoms with Gasteiger partial charge in [-0.3, -0.25) is 9.59 Å². The Labute approximate surface area is 157 Å². The average Bonchev–Trinajstić information content (AvgIpc) is 2.60. The normalized spacial score (nSPS) is 24.0. The van der Waals surface area contributed by atoms with Crippen molar-refractivity contribution in [2.75, 3.05) is 11.9 Å². The van der Waals surface area contributed by atoms with Gasteiger partial charge in [-0.1, -0.05) is 32.0 Å². The molecule has 0 spiro atoms. The van der Waals surface area contributed by atoms with E-state index in [1.807, 2.05) is 39.0 Å². The summed E-state index contributed by atoms with van der Waals surface area (Å²) in [5.41, 5.74) is 2.87. The van der Waals surface area contributed by atoms with Crippen molar-refractivity contribution in [2.24, 2.45) is 11.8 Å². The highest BCUT2D eigenvalue weighted by Crippen LogP contribution is 2.27. The number of benzene rings is 1. The highest BCUT2D eigenvalue weighted by molar-refractivity contribution is 5.96. The number of para-hydroxylation sites is 1. The molecule has 4 N–H and O–H groups in total. The standard InChI is InChI=1S/C21H33N3O2/c1-13-8-7-11-18(16(13)4)23-17(5)21(26)22-12-19(25)24-20-14(2)9-6-10-15(20)3/h6,9-10,13,16-18,23H,7-8,11-12H2,1-5H3,(H,22,26)(H,24,25)/p+1/t13-,16-,17+,18+/m0/s1. The molecule has 0 bridgehead atoms. The van der Waals surface area contributed by atoms with Crippen molar-refractivity contribution in [2.45, 2.75) is 66.0 Å². The SMILES string of the molecule is Cc1cccc(C)c1NC(=O)CNC(=O)[C@@H](C)[NH2+][C@@H]1CCC[C@H](C)[C@@H]1C. The average molecular weight is 361 g/mol. The minimum Gasteiger partial charge on any atom is -0.342 e. The number of rotatable bonds is 6. The van der Waals surface area contributed by atoms with Crippen LogP contribution in [0.15, 0.2) is 18.2 Å². The van der Waals surface area contributed by atoms with E-state index in [1.54, 1.807) is 0 Å². The van der Waals surface area contributed by atoms with Crippen molar-refractivity contribution >= 4 is 17.5 Å². The van der Waals surface area contributed by atoms with E-state index in [1.165, 1.54) is 12.8 Å². The minimum absolute atomic E-state index is 0.00140. The largest absolute Gasteiger partial charge is 0.342 e. The molecular weight excluding hydrogens is 326 g/mol. The Morgan fingerprint density at radius 2 is 1.85 bits per heavy atom. The van der Waals surface area contributed by atoms with E-state index in [9.17, 15) is 9.59 Å². The summed E-state index contributed by atoms with van der Waals surface area (Å²) >= 11 is 0. The zero-order valence-electron chi connectivity index (χ0n) is 16.8. The third-order valence-corrected chi connectivity index (χ3v) is 5.89. The molecule has 5 nitrogen and oxygen atoms in total. The predicted molar refractivity (Wildman–Crippen MR) is 105 cm³/mol. The minimum atomic E-state index is -0.192. The van der Waals surface area contributed by atoms with Crippen molar-refractivity contribution in [3.63, 3.8) is 0 Å². The summed E-state index contributed by atoms with van der Waals surface area (Å²) in [6.45, 7) is 10.4. The van der Waals surface area contributed by atoms with Gasteiger partial charge < -0.3 is 16.0 Å². The first-order valence-electron chi connectivity index (χ1n) is 9.78. The first-order valence-corrected chi connectivity index (χ1v) is 9.78. The van der Waals surface area contributed by atoms with E-state index in [2.05, 4.69) is 29.8 Å². The molecule has 1 aromatic carbocycles. The lowest BCUT2D eigenvalue weighted by Crippen LogP contribution is -2.98. The fourth-order valence-corrected chi connectivity index (χ4v) is 3.88. The fraction of sp³-hybridized carbons (Fsp3) is 0.619. The van der Waals surface area contributed by atoms with Crippen molar-refractivity contribution in [1.82, 2.24) is 5.32 Å². The van der Waals surface area contributed by atoms with Crippen LogP contribution in [0.3, 0.4) is 0 Å². The summed E-state index contributed by atoms with van der Waals surface area (Å²) in [4.78, 5) is 24.6. The maximum Gasteiger partial charge on any atom is 0.278 e. The highest BCUT2D eigenvalue weighted by atomic mass is 16.2. The van der Waals surface area contributed by atoms with Crippen molar-refractivity contribution in [1.29, 1.82) is 0 Å². The van der Waals surface area contributed by atoms with Gasteiger partial charge in [0, 0.05) is 11.6 Å². The Bertz CT molecular complexity index is 624. The number of anilines is 1. The van der Waals surface area contributed by atoms with E-state index in [0.29, 0.717) is 17.9 Å². The van der Waals surface area contributed by atoms with Crippen LogP contribution in [0.1, 0.15) is 51.2 Å². The molecule has 26 heavy (non-hydrogen) atoms. The van der Waals surface area contributed by atoms with Crippen LogP contribution in [-0.4, -0.2) is 30.4 Å². The van der Waals surface area contributed by atoms with Crippen LogP contribution in [-0.2, 0) is 9.59 Å². The third kappa shape index (κ3) is 5.31. The van der Waals surface area contributed by atoms with Crippen molar-refractivity contribution < 1.29 is 14.9 Å². The molecule has 144 valence electrons. The lowest BCUT2D eigenvalue weighted by molar-refractivity contribution is -0.715. The van der Waals surface area contributed by atoms with Gasteiger partial charge in [0.25, 0.3) is 5.91 Å². The Hall–Kier alpha value is -1.88. The van der Waals surface area contributed by atoms with Crippen LogP contribution >= 0.6 is 0 Å². The van der Waals surface area contributed by atoms with E-state index < -0.39 is 0 Å². The van der Waals surface area contributed by atoms with Gasteiger partial charge in [0.1, 0.15) is 0 Å². The maximum atomic E-state index is 12.4. The van der Waals surface area contributed by atoms with Crippen LogP contribution < -0.4 is 16.0 Å². The van der Waals surface area contributed by atoms with E-state index in [4.69, 9.17) is 0 Å². The first-order chi connectivity index (χ1) is 12.3. The second-order valence-corrected chi connectivity index (χ2v) is 7.95. The van der Waals surface area contributed by atoms with Gasteiger partial charge in [0.2, 0.25) is 5.91 Å². The Morgan fingerprint density at radius 1 is 1.19 bits per heavy atom. The Kier molecular flexibility index (Phi) is 7.21. The summed E-state index contributed by atoms with van der Waals surface area (Å²) in [7, 11) is 0. The number of nitrogens with one attached hydrogen (secondary N) is 2. The second-order valence-electron chi connectivity index (χ2n) is 7.95. The van der Waals surface area contributed by atoms with Crippen molar-refractivity contribution in [3.8, 4) is 0 Å². The molecule has 0 saturated heterocycles. The molecule has 0 aliphatic heterocycles. The van der Waals surface area contributed by atoms with Gasteiger partial charge in [-0.05, 0) is 57.1 Å². The molecule has 0 radical (unpaired) electrons. The van der Waals surface area contributed by atoms with Gasteiger partial charge in [0.15, 0.2) is 6.04 Å². The fourth-order valence-electron chi connectivity index (χ4n) is 3.88. The van der Waals surface area contributed by atoms with Crippen LogP contribution in [0, 0.1) is 25.7 Å². The number of quaternary nitrogens is 1. The van der Waals surface area contributed by atoms with Crippen LogP contribution in [0.5, 0.6) is 0 Å². The molecule has 0 unspecified atom stereocenters. The van der Waals surface area contributed by atoms with Gasteiger partial charge in [-0.25, -0.2) is 0 Å². The summed E-state index contributed by atoms with van der Waals surface area (Å²) in [5.74, 6) is 1.06. The van der Waals surface area contributed by atoms with Crippen LogP contribution in [0.2, 0.25) is 0 Å². The zero-order chi connectivity index (χ0) is 19.3. The Morgan fingerprint density at radius 3 is 2.50 bits per heavy atom. The first kappa shape index (κ1) is 20.4. The number of carbonyl (C=O) groups is 2. The Balaban J connectivity index is 1.81. The van der Waals surface area contributed by atoms with Gasteiger partial charge in [-0.2, -0.15) is 0 Å². The van der Waals surface area contributed by atoms with Gasteiger partial charge >= 0.3 is 0 Å². The summed E-state index contributed by atoms with van der Waals surface area (Å²) in [5, 5.41) is 7.86. The third-order valence-electron chi connectivity index (χ3n) is 5.89. The number of nitrogens with two attached hydrogens (primary N) is 1. The lowest BCUT2D eigenvalue weighted by atomic mass is 9.78. The van der Waals surface area contributed by atoms with Gasteiger partial charge in [0.05, 0.1) is 12.6 Å². The highest BCUT2D eigenvalue weighted by Gasteiger charge is 2.32. The summed E-state index contributed by atoms with van der Waals surface area (Å²) in [6.07, 6.45) is 3.68. The van der Waals surface area contributed by atoms with Crippen LogP contribution in [0.25, 0.3) is 0 Å². The van der Waals surface area contributed by atoms with E-state index in [-0.39, 0.29) is 24.4 Å². The number of amides is 2. The maximum absolute atomic E-state index is 12.4. The smallest absolute Gasteiger partial charge is 0.278 e. The van der Waals surface area contributed by atoms with Crippen LogP contribution in [0.4, 0.5) is 5.69 Å². The second kappa shape index (κ2) is 9.17. The molecule has 5 heteroatoms. The number of hydrogen-bond acceptors (Lipinski definition) is 2. The molecule has 2 amide bonds. The lowest BCUT2D eigenvalue weighted by Gasteiger charge is -2.33. The van der Waals surface area contributed by atoms with Gasteiger partial charge in [-0.15, -0.1) is 0 Å². The van der Waals surface area contributed by atoms with Crippen molar-refractivity contribution in [3.05, 3.63) is 29.3 Å². The monoisotopic (exact) mass is 360 g/mol. The molecule has 1 aliphatic carbocycles. The number of hydrogen-bond donors (Lipinski definition) is 3. The molecule has 0 heterocycles. The van der Waals surface area contributed by atoms with E-state index >= 15 is 0 Å². The quantitative estimate of drug-likeness (QED) is 0.727. The molecule has 1 saturated carbocycles. The zero-order valence-corrected chi connectivity index (χ0v) is 16.8. The summed E-state index contributed by atoms with van der Waals surface area (Å²) < 4.78 is 0. The molecule has 2 rings (SSSR count). The predicted octanol–water partition coefficient (Wildman–Crippen LogP) is 2.13. The summed E-state index contributed by atoms with van der Waals surface area (Å²) in [6, 6.07) is 6.20. The molecule has 1 fully saturated rings. The molecule has 4 atom stereocenters. The number of aryl methyl sites for hydroxylation is 2.